The SMILES string of the molecule is C[C@]12CCC(=O)C=C1CCC1C2CC[C@@]2(C)C1CC[C@@H]2OC1OC(CO)C(O)C(O)C1O. The van der Waals surface area contributed by atoms with Crippen molar-refractivity contribution < 1.29 is 34.7 Å². The molecule has 3 saturated carbocycles. The second-order valence-electron chi connectivity index (χ2n) is 11.4. The molecule has 0 aromatic rings. The Hall–Kier alpha value is -0.830. The van der Waals surface area contributed by atoms with E-state index >= 15 is 0 Å². The number of hydrogen-bond donors (Lipinski definition) is 4. The minimum atomic E-state index is -1.41. The van der Waals surface area contributed by atoms with Crippen LogP contribution < -0.4 is 0 Å². The van der Waals surface area contributed by atoms with Crippen LogP contribution in [0.4, 0.5) is 0 Å². The van der Waals surface area contributed by atoms with E-state index in [1.54, 1.807) is 0 Å². The van der Waals surface area contributed by atoms with Crippen LogP contribution in [0.25, 0.3) is 0 Å². The molecule has 32 heavy (non-hydrogen) atoms. The van der Waals surface area contributed by atoms with Crippen molar-refractivity contribution in [1.82, 2.24) is 0 Å². The van der Waals surface area contributed by atoms with Crippen LogP contribution in [0.2, 0.25) is 0 Å². The van der Waals surface area contributed by atoms with Gasteiger partial charge in [0.15, 0.2) is 12.1 Å². The predicted molar refractivity (Wildman–Crippen MR) is 115 cm³/mol. The molecule has 0 aromatic heterocycles. The summed E-state index contributed by atoms with van der Waals surface area (Å²) in [5.41, 5.74) is 1.46. The molecule has 0 amide bonds. The van der Waals surface area contributed by atoms with Crippen molar-refractivity contribution in [3.05, 3.63) is 11.6 Å². The topological polar surface area (TPSA) is 116 Å². The highest BCUT2D eigenvalue weighted by atomic mass is 16.7. The van der Waals surface area contributed by atoms with Crippen molar-refractivity contribution in [2.45, 2.75) is 102 Å². The van der Waals surface area contributed by atoms with Crippen molar-refractivity contribution in [1.29, 1.82) is 0 Å². The summed E-state index contributed by atoms with van der Waals surface area (Å²) in [6.07, 6.45) is 3.50. The molecule has 4 fully saturated rings. The quantitative estimate of drug-likeness (QED) is 0.517. The second-order valence-corrected chi connectivity index (χ2v) is 11.4. The van der Waals surface area contributed by atoms with E-state index in [0.717, 1.165) is 44.9 Å². The van der Waals surface area contributed by atoms with E-state index in [0.29, 0.717) is 24.2 Å². The first-order valence-electron chi connectivity index (χ1n) is 12.4. The standard InChI is InChI=1S/C25H38O7/c1-24-9-7-14(27)11-13(24)3-4-15-16-5-6-19(25(16,2)10-8-17(15)24)32-23-22(30)21(29)20(28)18(12-26)31-23/h11,15-23,26,28-30H,3-10,12H2,1-2H3/t15?,16?,17?,18?,19-,20?,21?,22?,23?,24-,25-/m0/s1. The monoisotopic (exact) mass is 450 g/mol. The third kappa shape index (κ3) is 3.35. The average Bonchev–Trinajstić information content (AvgIpc) is 3.10. The van der Waals surface area contributed by atoms with Gasteiger partial charge in [0.1, 0.15) is 24.4 Å². The Morgan fingerprint density at radius 1 is 1.00 bits per heavy atom. The average molecular weight is 451 g/mol. The minimum absolute atomic E-state index is 0.0396. The Morgan fingerprint density at radius 2 is 1.78 bits per heavy atom. The zero-order valence-electron chi connectivity index (χ0n) is 19.2. The van der Waals surface area contributed by atoms with Crippen molar-refractivity contribution in [2.75, 3.05) is 6.61 Å². The number of fused-ring (bicyclic) bond motifs is 5. The summed E-state index contributed by atoms with van der Waals surface area (Å²) in [5, 5.41) is 40.2. The number of allylic oxidation sites excluding steroid dienone is 1. The van der Waals surface area contributed by atoms with Crippen LogP contribution in [-0.4, -0.2) is 69.6 Å². The Labute approximate surface area is 189 Å². The Kier molecular flexibility index (Phi) is 5.83. The molecule has 5 rings (SSSR count). The number of ether oxygens (including phenoxy) is 2. The summed E-state index contributed by atoms with van der Waals surface area (Å²) in [4.78, 5) is 12.0. The zero-order valence-corrected chi connectivity index (χ0v) is 19.2. The molecule has 5 aliphatic rings. The highest BCUT2D eigenvalue weighted by Gasteiger charge is 2.60. The van der Waals surface area contributed by atoms with E-state index in [4.69, 9.17) is 9.47 Å². The van der Waals surface area contributed by atoms with Gasteiger partial charge in [0.05, 0.1) is 12.7 Å². The van der Waals surface area contributed by atoms with Crippen molar-refractivity contribution in [2.24, 2.45) is 28.6 Å². The van der Waals surface area contributed by atoms with Crippen LogP contribution in [0.1, 0.15) is 65.2 Å². The van der Waals surface area contributed by atoms with Gasteiger partial charge in [-0.15, -0.1) is 0 Å². The fourth-order valence-corrected chi connectivity index (χ4v) is 8.08. The first-order valence-corrected chi connectivity index (χ1v) is 12.4. The molecule has 1 heterocycles. The lowest BCUT2D eigenvalue weighted by atomic mass is 9.47. The molecule has 7 nitrogen and oxygen atoms in total. The van der Waals surface area contributed by atoms with Crippen LogP contribution in [0.15, 0.2) is 11.6 Å². The van der Waals surface area contributed by atoms with Gasteiger partial charge in [0.25, 0.3) is 0 Å². The number of rotatable bonds is 3. The third-order valence-electron chi connectivity index (χ3n) is 10.0. The maximum Gasteiger partial charge on any atom is 0.186 e. The Bertz CT molecular complexity index is 780. The second kappa shape index (κ2) is 8.14. The zero-order chi connectivity index (χ0) is 22.8. The van der Waals surface area contributed by atoms with E-state index in [-0.39, 0.29) is 22.7 Å². The Morgan fingerprint density at radius 3 is 2.53 bits per heavy atom. The summed E-state index contributed by atoms with van der Waals surface area (Å²) in [5.74, 6) is 2.00. The fraction of sp³-hybridized carbons (Fsp3) is 0.880. The fourth-order valence-electron chi connectivity index (χ4n) is 8.08. The van der Waals surface area contributed by atoms with Gasteiger partial charge in [-0.2, -0.15) is 0 Å². The van der Waals surface area contributed by atoms with Gasteiger partial charge in [0.2, 0.25) is 0 Å². The van der Waals surface area contributed by atoms with Gasteiger partial charge in [0, 0.05) is 6.42 Å². The number of ketones is 1. The molecule has 8 unspecified atom stereocenters. The van der Waals surface area contributed by atoms with E-state index in [1.807, 2.05) is 6.08 Å². The molecule has 7 heteroatoms. The molecule has 0 bridgehead atoms. The third-order valence-corrected chi connectivity index (χ3v) is 10.0. The van der Waals surface area contributed by atoms with E-state index < -0.39 is 37.3 Å². The van der Waals surface area contributed by atoms with E-state index in [9.17, 15) is 25.2 Å². The molecule has 0 aromatic carbocycles. The summed E-state index contributed by atoms with van der Waals surface area (Å²) < 4.78 is 12.0. The Balaban J connectivity index is 1.33. The van der Waals surface area contributed by atoms with Gasteiger partial charge >= 0.3 is 0 Å². The summed E-state index contributed by atoms with van der Waals surface area (Å²) >= 11 is 0. The van der Waals surface area contributed by atoms with Crippen LogP contribution >= 0.6 is 0 Å². The molecule has 0 spiro atoms. The summed E-state index contributed by atoms with van der Waals surface area (Å²) in [6.45, 7) is 4.23. The minimum Gasteiger partial charge on any atom is -0.394 e. The summed E-state index contributed by atoms with van der Waals surface area (Å²) in [6, 6.07) is 0. The molecule has 180 valence electrons. The maximum atomic E-state index is 12.0. The number of carbonyl (C=O) groups excluding carboxylic acids is 1. The van der Waals surface area contributed by atoms with Gasteiger partial charge in [-0.3, -0.25) is 4.79 Å². The molecular formula is C25H38O7. The maximum absolute atomic E-state index is 12.0. The smallest absolute Gasteiger partial charge is 0.186 e. The number of carbonyl (C=O) groups is 1. The van der Waals surface area contributed by atoms with E-state index in [2.05, 4.69) is 13.8 Å². The van der Waals surface area contributed by atoms with Crippen LogP contribution in [0.3, 0.4) is 0 Å². The predicted octanol–water partition coefficient (Wildman–Crippen LogP) is 1.70. The molecule has 4 aliphatic carbocycles. The van der Waals surface area contributed by atoms with Crippen molar-refractivity contribution >= 4 is 5.78 Å². The van der Waals surface area contributed by atoms with Crippen LogP contribution in [-0.2, 0) is 14.3 Å². The molecule has 11 atom stereocenters. The molecule has 1 saturated heterocycles. The highest BCUT2D eigenvalue weighted by Crippen LogP contribution is 2.65. The molecule has 4 N–H and O–H groups in total. The molecule has 0 radical (unpaired) electrons. The summed E-state index contributed by atoms with van der Waals surface area (Å²) in [7, 11) is 0. The largest absolute Gasteiger partial charge is 0.394 e. The van der Waals surface area contributed by atoms with Gasteiger partial charge in [-0.05, 0) is 79.6 Å². The number of aliphatic hydroxyl groups is 4. The lowest BCUT2D eigenvalue weighted by molar-refractivity contribution is -0.319. The lowest BCUT2D eigenvalue weighted by Gasteiger charge is -2.58. The van der Waals surface area contributed by atoms with Crippen LogP contribution in [0, 0.1) is 28.6 Å². The van der Waals surface area contributed by atoms with E-state index in [1.165, 1.54) is 5.57 Å². The van der Waals surface area contributed by atoms with Gasteiger partial charge in [-0.25, -0.2) is 0 Å². The normalized spacial score (nSPS) is 53.2. The molecule has 1 aliphatic heterocycles. The highest BCUT2D eigenvalue weighted by molar-refractivity contribution is 5.91. The lowest BCUT2D eigenvalue weighted by Crippen LogP contribution is -2.60. The number of hydrogen-bond acceptors (Lipinski definition) is 7. The van der Waals surface area contributed by atoms with Gasteiger partial charge in [-0.1, -0.05) is 19.4 Å². The first kappa shape index (κ1) is 22.9. The number of aliphatic hydroxyl groups excluding tert-OH is 4. The van der Waals surface area contributed by atoms with Crippen molar-refractivity contribution in [3.8, 4) is 0 Å². The first-order chi connectivity index (χ1) is 15.2. The van der Waals surface area contributed by atoms with Crippen molar-refractivity contribution in [3.63, 3.8) is 0 Å². The molecular weight excluding hydrogens is 412 g/mol. The van der Waals surface area contributed by atoms with Gasteiger partial charge < -0.3 is 29.9 Å². The van der Waals surface area contributed by atoms with Crippen LogP contribution in [0.5, 0.6) is 0 Å².